The summed E-state index contributed by atoms with van der Waals surface area (Å²) in [4.78, 5) is 14.3. The second-order valence-corrected chi connectivity index (χ2v) is 7.71. The summed E-state index contributed by atoms with van der Waals surface area (Å²) in [5, 5.41) is 7.85. The van der Waals surface area contributed by atoms with Crippen LogP contribution in [-0.2, 0) is 4.79 Å². The number of amides is 1. The van der Waals surface area contributed by atoms with Gasteiger partial charge in [0.15, 0.2) is 5.11 Å². The first-order valence-electron chi connectivity index (χ1n) is 8.15. The van der Waals surface area contributed by atoms with Gasteiger partial charge < -0.3 is 15.5 Å². The molecule has 2 N–H and O–H groups in total. The van der Waals surface area contributed by atoms with E-state index >= 15 is 0 Å². The Hall–Kier alpha value is -1.04. The summed E-state index contributed by atoms with van der Waals surface area (Å²) in [6, 6.07) is 5.23. The van der Waals surface area contributed by atoms with E-state index in [9.17, 15) is 4.79 Å². The van der Waals surface area contributed by atoms with Crippen LogP contribution in [0.5, 0.6) is 0 Å². The maximum atomic E-state index is 12.3. The SMILES string of the molecule is CC(C)CNC(=O)C1CCCN(C(=S)Nc2ccc(Cl)cc2Cl)C1. The molecular weight excluding hydrogens is 365 g/mol. The third-order valence-electron chi connectivity index (χ3n) is 3.94. The van der Waals surface area contributed by atoms with E-state index in [-0.39, 0.29) is 11.8 Å². The monoisotopic (exact) mass is 387 g/mol. The average Bonchev–Trinajstić information content (AvgIpc) is 2.55. The lowest BCUT2D eigenvalue weighted by molar-refractivity contribution is -0.126. The van der Waals surface area contributed by atoms with Gasteiger partial charge in [0.1, 0.15) is 0 Å². The van der Waals surface area contributed by atoms with Crippen LogP contribution in [0.2, 0.25) is 10.0 Å². The molecule has 1 aromatic rings. The number of nitrogens with zero attached hydrogens (tertiary/aromatic N) is 1. The van der Waals surface area contributed by atoms with Gasteiger partial charge in [0.2, 0.25) is 5.91 Å². The number of hydrogen-bond acceptors (Lipinski definition) is 2. The van der Waals surface area contributed by atoms with Crippen LogP contribution in [0.4, 0.5) is 5.69 Å². The first-order valence-corrected chi connectivity index (χ1v) is 9.32. The van der Waals surface area contributed by atoms with E-state index in [1.54, 1.807) is 18.2 Å². The van der Waals surface area contributed by atoms with E-state index in [1.807, 2.05) is 4.90 Å². The Balaban J connectivity index is 1.93. The number of carbonyl (C=O) groups excluding carboxylic acids is 1. The molecule has 0 radical (unpaired) electrons. The summed E-state index contributed by atoms with van der Waals surface area (Å²) in [5.41, 5.74) is 0.720. The lowest BCUT2D eigenvalue weighted by Crippen LogP contribution is -2.47. The molecule has 1 saturated heterocycles. The third-order valence-corrected chi connectivity index (χ3v) is 4.84. The van der Waals surface area contributed by atoms with Gasteiger partial charge in [0.05, 0.1) is 16.6 Å². The van der Waals surface area contributed by atoms with Crippen molar-refractivity contribution in [2.45, 2.75) is 26.7 Å². The summed E-state index contributed by atoms with van der Waals surface area (Å²) < 4.78 is 0. The van der Waals surface area contributed by atoms with Crippen molar-refractivity contribution < 1.29 is 4.79 Å². The van der Waals surface area contributed by atoms with Gasteiger partial charge in [-0.1, -0.05) is 37.0 Å². The van der Waals surface area contributed by atoms with Crippen LogP contribution >= 0.6 is 35.4 Å². The van der Waals surface area contributed by atoms with Crippen LogP contribution in [0.3, 0.4) is 0 Å². The summed E-state index contributed by atoms with van der Waals surface area (Å²) >= 11 is 17.6. The molecule has 0 aromatic heterocycles. The number of nitrogens with one attached hydrogen (secondary N) is 2. The number of carbonyl (C=O) groups is 1. The van der Waals surface area contributed by atoms with Gasteiger partial charge in [-0.3, -0.25) is 4.79 Å². The molecule has 0 saturated carbocycles. The highest BCUT2D eigenvalue weighted by atomic mass is 35.5. The van der Waals surface area contributed by atoms with Crippen LogP contribution in [0.1, 0.15) is 26.7 Å². The number of benzene rings is 1. The number of piperidine rings is 1. The van der Waals surface area contributed by atoms with Crippen LogP contribution < -0.4 is 10.6 Å². The van der Waals surface area contributed by atoms with E-state index in [0.29, 0.717) is 34.2 Å². The van der Waals surface area contributed by atoms with Crippen LogP contribution in [0.15, 0.2) is 18.2 Å². The fraction of sp³-hybridized carbons (Fsp3) is 0.529. The zero-order chi connectivity index (χ0) is 17.7. The lowest BCUT2D eigenvalue weighted by Gasteiger charge is -2.34. The molecule has 1 unspecified atom stereocenters. The fourth-order valence-electron chi connectivity index (χ4n) is 2.61. The molecule has 1 aliphatic rings. The van der Waals surface area contributed by atoms with Crippen molar-refractivity contribution in [2.75, 3.05) is 25.0 Å². The summed E-state index contributed by atoms with van der Waals surface area (Å²) in [7, 11) is 0. The molecule has 132 valence electrons. The van der Waals surface area contributed by atoms with Crippen molar-refractivity contribution >= 4 is 52.1 Å². The van der Waals surface area contributed by atoms with Gasteiger partial charge in [0.25, 0.3) is 0 Å². The molecule has 1 atom stereocenters. The fourth-order valence-corrected chi connectivity index (χ4v) is 3.34. The molecule has 1 aliphatic heterocycles. The molecule has 1 heterocycles. The van der Waals surface area contributed by atoms with Crippen molar-refractivity contribution in [3.8, 4) is 0 Å². The second kappa shape index (κ2) is 8.88. The number of halogens is 2. The van der Waals surface area contributed by atoms with Gasteiger partial charge >= 0.3 is 0 Å². The minimum absolute atomic E-state index is 0.0297. The van der Waals surface area contributed by atoms with Crippen LogP contribution in [0.25, 0.3) is 0 Å². The van der Waals surface area contributed by atoms with E-state index in [4.69, 9.17) is 35.4 Å². The summed E-state index contributed by atoms with van der Waals surface area (Å²) in [6.45, 7) is 6.34. The van der Waals surface area contributed by atoms with E-state index < -0.39 is 0 Å². The summed E-state index contributed by atoms with van der Waals surface area (Å²) in [5.74, 6) is 0.530. The Labute approximate surface area is 158 Å². The zero-order valence-corrected chi connectivity index (χ0v) is 16.3. The molecular formula is C17H23Cl2N3OS. The quantitative estimate of drug-likeness (QED) is 0.760. The van der Waals surface area contributed by atoms with Crippen LogP contribution in [-0.4, -0.2) is 35.6 Å². The average molecular weight is 388 g/mol. The molecule has 1 amide bonds. The Morgan fingerprint density at radius 1 is 1.42 bits per heavy atom. The van der Waals surface area contributed by atoms with Crippen molar-refractivity contribution in [1.82, 2.24) is 10.2 Å². The maximum absolute atomic E-state index is 12.3. The van der Waals surface area contributed by atoms with Gasteiger partial charge in [-0.25, -0.2) is 0 Å². The molecule has 2 rings (SSSR count). The number of anilines is 1. The topological polar surface area (TPSA) is 44.4 Å². The zero-order valence-electron chi connectivity index (χ0n) is 13.9. The minimum Gasteiger partial charge on any atom is -0.356 e. The normalized spacial score (nSPS) is 17.7. The minimum atomic E-state index is -0.0297. The molecule has 1 fully saturated rings. The van der Waals surface area contributed by atoms with Gasteiger partial charge in [-0.05, 0) is 49.2 Å². The maximum Gasteiger partial charge on any atom is 0.224 e. The molecule has 0 bridgehead atoms. The smallest absolute Gasteiger partial charge is 0.224 e. The number of thiocarbonyl (C=S) groups is 1. The van der Waals surface area contributed by atoms with Gasteiger partial charge in [-0.2, -0.15) is 0 Å². The molecule has 0 aliphatic carbocycles. The van der Waals surface area contributed by atoms with Crippen molar-refractivity contribution in [3.63, 3.8) is 0 Å². The molecule has 7 heteroatoms. The van der Waals surface area contributed by atoms with E-state index in [1.165, 1.54) is 0 Å². The van der Waals surface area contributed by atoms with Gasteiger partial charge in [0, 0.05) is 24.7 Å². The Morgan fingerprint density at radius 3 is 2.83 bits per heavy atom. The molecule has 4 nitrogen and oxygen atoms in total. The van der Waals surface area contributed by atoms with Crippen molar-refractivity contribution in [2.24, 2.45) is 11.8 Å². The van der Waals surface area contributed by atoms with E-state index in [2.05, 4.69) is 24.5 Å². The predicted octanol–water partition coefficient (Wildman–Crippen LogP) is 4.17. The van der Waals surface area contributed by atoms with E-state index in [0.717, 1.165) is 25.1 Å². The summed E-state index contributed by atoms with van der Waals surface area (Å²) in [6.07, 6.45) is 1.83. The lowest BCUT2D eigenvalue weighted by atomic mass is 9.97. The first-order chi connectivity index (χ1) is 11.4. The number of rotatable bonds is 4. The Morgan fingerprint density at radius 2 is 2.17 bits per heavy atom. The standard InChI is InChI=1S/C17H23Cl2N3OS/c1-11(2)9-20-16(23)12-4-3-7-22(10-12)17(24)21-15-6-5-13(18)8-14(15)19/h5-6,8,11-12H,3-4,7,9-10H2,1-2H3,(H,20,23)(H,21,24). The van der Waals surface area contributed by atoms with Crippen molar-refractivity contribution in [3.05, 3.63) is 28.2 Å². The number of hydrogen-bond donors (Lipinski definition) is 2. The van der Waals surface area contributed by atoms with Crippen molar-refractivity contribution in [1.29, 1.82) is 0 Å². The van der Waals surface area contributed by atoms with Gasteiger partial charge in [-0.15, -0.1) is 0 Å². The highest BCUT2D eigenvalue weighted by molar-refractivity contribution is 7.80. The largest absolute Gasteiger partial charge is 0.356 e. The Kier molecular flexibility index (Phi) is 7.14. The third kappa shape index (κ3) is 5.50. The molecule has 0 spiro atoms. The van der Waals surface area contributed by atoms with Crippen LogP contribution in [0, 0.1) is 11.8 Å². The molecule has 1 aromatic carbocycles. The highest BCUT2D eigenvalue weighted by Gasteiger charge is 2.27. The highest BCUT2D eigenvalue weighted by Crippen LogP contribution is 2.26. The second-order valence-electron chi connectivity index (χ2n) is 6.48. The predicted molar refractivity (Wildman–Crippen MR) is 105 cm³/mol. The first kappa shape index (κ1) is 19.3. The number of likely N-dealkylation sites (tertiary alicyclic amines) is 1. The molecule has 24 heavy (non-hydrogen) atoms. The Bertz CT molecular complexity index is 609.